The molecule has 3 heterocycles. The molecule has 0 aliphatic carbocycles. The lowest BCUT2D eigenvalue weighted by atomic mass is 10.1. The molecule has 0 spiro atoms. The Labute approximate surface area is 182 Å². The molecule has 2 aromatic rings. The van der Waals surface area contributed by atoms with E-state index in [0.29, 0.717) is 39.4 Å². The van der Waals surface area contributed by atoms with Crippen molar-refractivity contribution in [2.45, 2.75) is 6.54 Å². The molecule has 1 fully saturated rings. The van der Waals surface area contributed by atoms with E-state index in [2.05, 4.69) is 6.58 Å². The molecule has 2 aromatic carbocycles. The van der Waals surface area contributed by atoms with Gasteiger partial charge in [0, 0.05) is 12.1 Å². The van der Waals surface area contributed by atoms with E-state index in [4.69, 9.17) is 21.7 Å². The van der Waals surface area contributed by atoms with E-state index < -0.39 is 0 Å². The number of carbonyl (C=O) groups is 2. The number of ether oxygens (including phenoxy) is 2. The Hall–Kier alpha value is -3.10. The van der Waals surface area contributed by atoms with E-state index in [1.807, 2.05) is 42.5 Å². The maximum atomic E-state index is 13.3. The van der Waals surface area contributed by atoms with Crippen molar-refractivity contribution in [1.82, 2.24) is 4.90 Å². The van der Waals surface area contributed by atoms with Crippen LogP contribution in [0.25, 0.3) is 5.57 Å². The maximum Gasteiger partial charge on any atom is 0.267 e. The number of rotatable bonds is 4. The predicted octanol–water partition coefficient (Wildman–Crippen LogP) is 3.72. The molecule has 0 atom stereocenters. The van der Waals surface area contributed by atoms with Crippen molar-refractivity contribution in [2.24, 2.45) is 0 Å². The predicted molar refractivity (Wildman–Crippen MR) is 119 cm³/mol. The summed E-state index contributed by atoms with van der Waals surface area (Å²) in [6, 6.07) is 13.0. The van der Waals surface area contributed by atoms with Gasteiger partial charge in [0.05, 0.1) is 22.7 Å². The summed E-state index contributed by atoms with van der Waals surface area (Å²) >= 11 is 6.65. The molecular weight excluding hydrogens is 420 g/mol. The van der Waals surface area contributed by atoms with Crippen molar-refractivity contribution < 1.29 is 19.1 Å². The lowest BCUT2D eigenvalue weighted by Gasteiger charge is -2.15. The van der Waals surface area contributed by atoms with Crippen LogP contribution in [-0.2, 0) is 16.1 Å². The molecule has 0 unspecified atom stereocenters. The van der Waals surface area contributed by atoms with Crippen LogP contribution < -0.4 is 14.4 Å². The van der Waals surface area contributed by atoms with Crippen LogP contribution in [0.4, 0.5) is 5.69 Å². The minimum atomic E-state index is -0.263. The Bertz CT molecular complexity index is 1160. The summed E-state index contributed by atoms with van der Waals surface area (Å²) in [6.45, 7) is 4.59. The Morgan fingerprint density at radius 3 is 2.70 bits per heavy atom. The van der Waals surface area contributed by atoms with Crippen LogP contribution >= 0.6 is 24.0 Å². The normalized spacial score (nSPS) is 19.7. The Balaban J connectivity index is 1.50. The van der Waals surface area contributed by atoms with Crippen LogP contribution in [0.3, 0.4) is 0 Å². The van der Waals surface area contributed by atoms with Crippen molar-refractivity contribution in [1.29, 1.82) is 0 Å². The Morgan fingerprint density at radius 2 is 1.87 bits per heavy atom. The van der Waals surface area contributed by atoms with Gasteiger partial charge in [0.25, 0.3) is 11.8 Å². The molecule has 5 rings (SSSR count). The highest BCUT2D eigenvalue weighted by atomic mass is 32.2. The van der Waals surface area contributed by atoms with E-state index in [9.17, 15) is 9.59 Å². The molecule has 0 N–H and O–H groups in total. The monoisotopic (exact) mass is 436 g/mol. The van der Waals surface area contributed by atoms with Crippen molar-refractivity contribution in [3.63, 3.8) is 0 Å². The quantitative estimate of drug-likeness (QED) is 0.414. The Kier molecular flexibility index (Phi) is 4.60. The second kappa shape index (κ2) is 7.30. The highest BCUT2D eigenvalue weighted by Gasteiger charge is 2.41. The van der Waals surface area contributed by atoms with Crippen LogP contribution in [0.5, 0.6) is 11.5 Å². The number of hydrogen-bond donors (Lipinski definition) is 0. The summed E-state index contributed by atoms with van der Waals surface area (Å²) in [5.41, 5.74) is 2.79. The van der Waals surface area contributed by atoms with E-state index in [1.54, 1.807) is 11.0 Å². The number of carbonyl (C=O) groups excluding carboxylic acids is 2. The third-order valence-corrected chi connectivity index (χ3v) is 6.54. The molecular formula is C22H16N2O4S2. The van der Waals surface area contributed by atoms with E-state index in [1.165, 1.54) is 16.7 Å². The first-order valence-electron chi connectivity index (χ1n) is 9.27. The largest absolute Gasteiger partial charge is 0.454 e. The fourth-order valence-corrected chi connectivity index (χ4v) is 5.04. The van der Waals surface area contributed by atoms with Gasteiger partial charge in [-0.3, -0.25) is 14.5 Å². The molecule has 2 amide bonds. The van der Waals surface area contributed by atoms with Gasteiger partial charge in [0.1, 0.15) is 4.32 Å². The van der Waals surface area contributed by atoms with Crippen LogP contribution in [0.1, 0.15) is 11.1 Å². The van der Waals surface area contributed by atoms with Crippen molar-refractivity contribution in [3.8, 4) is 11.5 Å². The lowest BCUT2D eigenvalue weighted by Crippen LogP contribution is -2.29. The van der Waals surface area contributed by atoms with Crippen molar-refractivity contribution >= 4 is 51.4 Å². The number of amides is 2. The molecule has 1 saturated heterocycles. The fourth-order valence-electron chi connectivity index (χ4n) is 3.72. The van der Waals surface area contributed by atoms with Gasteiger partial charge in [0.2, 0.25) is 6.79 Å². The van der Waals surface area contributed by atoms with Crippen LogP contribution in [0.2, 0.25) is 0 Å². The number of thiocarbonyl (C=S) groups is 1. The van der Waals surface area contributed by atoms with E-state index in [0.717, 1.165) is 16.8 Å². The highest BCUT2D eigenvalue weighted by molar-refractivity contribution is 8.26. The summed E-state index contributed by atoms with van der Waals surface area (Å²) in [5.74, 6) is 0.860. The summed E-state index contributed by atoms with van der Waals surface area (Å²) < 4.78 is 11.2. The first-order valence-corrected chi connectivity index (χ1v) is 10.5. The summed E-state index contributed by atoms with van der Waals surface area (Å²) in [5, 5.41) is 0. The van der Waals surface area contributed by atoms with Crippen LogP contribution in [0, 0.1) is 0 Å². The van der Waals surface area contributed by atoms with Gasteiger partial charge in [-0.25, -0.2) is 0 Å². The van der Waals surface area contributed by atoms with E-state index >= 15 is 0 Å². The second-order valence-corrected chi connectivity index (χ2v) is 8.52. The minimum Gasteiger partial charge on any atom is -0.454 e. The number of nitrogens with zero attached hydrogens (tertiary/aromatic N) is 2. The molecule has 8 heteroatoms. The average molecular weight is 437 g/mol. The van der Waals surface area contributed by atoms with Crippen molar-refractivity contribution in [3.05, 3.63) is 71.2 Å². The number of benzene rings is 2. The van der Waals surface area contributed by atoms with Gasteiger partial charge < -0.3 is 14.4 Å². The smallest absolute Gasteiger partial charge is 0.267 e. The molecule has 30 heavy (non-hydrogen) atoms. The fraction of sp³-hybridized carbons (Fsp3) is 0.136. The molecule has 3 aliphatic rings. The number of para-hydroxylation sites is 1. The van der Waals surface area contributed by atoms with Gasteiger partial charge in [-0.15, -0.1) is 6.58 Å². The van der Waals surface area contributed by atoms with E-state index in [-0.39, 0.29) is 18.6 Å². The van der Waals surface area contributed by atoms with Crippen molar-refractivity contribution in [2.75, 3.05) is 18.2 Å². The van der Waals surface area contributed by atoms with Gasteiger partial charge in [-0.2, -0.15) is 0 Å². The third kappa shape index (κ3) is 2.91. The zero-order chi connectivity index (χ0) is 20.8. The number of hydrogen-bond acceptors (Lipinski definition) is 6. The molecule has 3 aliphatic heterocycles. The first-order chi connectivity index (χ1) is 14.6. The summed E-state index contributed by atoms with van der Waals surface area (Å²) in [6.07, 6.45) is 1.67. The first kappa shape index (κ1) is 18.9. The van der Waals surface area contributed by atoms with Crippen LogP contribution in [0.15, 0.2) is 60.0 Å². The Morgan fingerprint density at radius 1 is 1.07 bits per heavy atom. The molecule has 150 valence electrons. The lowest BCUT2D eigenvalue weighted by molar-refractivity contribution is -0.122. The number of anilines is 1. The number of fused-ring (bicyclic) bond motifs is 2. The standard InChI is InChI=1S/C22H16N2O4S2/c1-2-9-23-15-6-4-3-5-14(15)18(20(23)25)19-21(26)24(22(29)30-19)11-13-7-8-16-17(10-13)28-12-27-16/h2-8,10H,1,9,11-12H2/b19-18-. The number of thioether (sulfide) groups is 1. The minimum absolute atomic E-state index is 0.189. The zero-order valence-electron chi connectivity index (χ0n) is 15.8. The van der Waals surface area contributed by atoms with Gasteiger partial charge >= 0.3 is 0 Å². The van der Waals surface area contributed by atoms with Crippen LogP contribution in [-0.4, -0.2) is 34.4 Å². The SMILES string of the molecule is C=CCN1C(=O)/C(=C2\SC(=S)N(Cc3ccc4c(c3)OCO4)C2=O)c2ccccc21. The third-order valence-electron chi connectivity index (χ3n) is 5.09. The maximum absolute atomic E-state index is 13.3. The van der Waals surface area contributed by atoms with Gasteiger partial charge in [0.15, 0.2) is 11.5 Å². The average Bonchev–Trinajstić information content (AvgIpc) is 3.40. The molecule has 0 aromatic heterocycles. The second-order valence-electron chi connectivity index (χ2n) is 6.87. The summed E-state index contributed by atoms with van der Waals surface area (Å²) in [7, 11) is 0. The summed E-state index contributed by atoms with van der Waals surface area (Å²) in [4.78, 5) is 29.9. The molecule has 0 saturated carbocycles. The van der Waals surface area contributed by atoms with Gasteiger partial charge in [-0.05, 0) is 23.8 Å². The molecule has 0 radical (unpaired) electrons. The zero-order valence-corrected chi connectivity index (χ0v) is 17.4. The molecule has 0 bridgehead atoms. The highest BCUT2D eigenvalue weighted by Crippen LogP contribution is 2.45. The molecule has 6 nitrogen and oxygen atoms in total. The topological polar surface area (TPSA) is 59.1 Å². The van der Waals surface area contributed by atoms with Gasteiger partial charge in [-0.1, -0.05) is 54.3 Å².